The van der Waals surface area contributed by atoms with Crippen LogP contribution >= 0.6 is 15.9 Å². The van der Waals surface area contributed by atoms with Crippen LogP contribution in [0.5, 0.6) is 0 Å². The zero-order chi connectivity index (χ0) is 15.7. The van der Waals surface area contributed by atoms with Gasteiger partial charge >= 0.3 is 0 Å². The highest BCUT2D eigenvalue weighted by molar-refractivity contribution is 9.10. The predicted octanol–water partition coefficient (Wildman–Crippen LogP) is 2.64. The van der Waals surface area contributed by atoms with Crippen LogP contribution in [0.15, 0.2) is 22.7 Å². The Bertz CT molecular complexity index is 413. The average molecular weight is 359 g/mol. The summed E-state index contributed by atoms with van der Waals surface area (Å²) in [6.07, 6.45) is 0. The summed E-state index contributed by atoms with van der Waals surface area (Å²) in [4.78, 5) is 2.17. The Morgan fingerprint density at radius 1 is 1.33 bits per heavy atom. The molecule has 0 unspecified atom stereocenters. The SMILES string of the molecule is COCCN(CCO)c1ccc(Br)cc1CNCC(C)C. The minimum Gasteiger partial charge on any atom is -0.395 e. The van der Waals surface area contributed by atoms with Gasteiger partial charge < -0.3 is 20.1 Å². The second-order valence-corrected chi connectivity index (χ2v) is 6.42. The molecule has 0 aliphatic rings. The van der Waals surface area contributed by atoms with E-state index in [0.29, 0.717) is 19.1 Å². The van der Waals surface area contributed by atoms with Crippen molar-refractivity contribution in [3.63, 3.8) is 0 Å². The van der Waals surface area contributed by atoms with E-state index in [9.17, 15) is 5.11 Å². The molecule has 2 N–H and O–H groups in total. The fraction of sp³-hybridized carbons (Fsp3) is 0.625. The second kappa shape index (κ2) is 10.2. The summed E-state index contributed by atoms with van der Waals surface area (Å²) in [6, 6.07) is 6.28. The topological polar surface area (TPSA) is 44.7 Å². The van der Waals surface area contributed by atoms with Crippen molar-refractivity contribution in [2.45, 2.75) is 20.4 Å². The van der Waals surface area contributed by atoms with Crippen LogP contribution in [-0.2, 0) is 11.3 Å². The summed E-state index contributed by atoms with van der Waals surface area (Å²) in [6.45, 7) is 8.38. The molecule has 0 amide bonds. The molecule has 0 radical (unpaired) electrons. The van der Waals surface area contributed by atoms with E-state index in [1.165, 1.54) is 5.56 Å². The first-order valence-corrected chi connectivity index (χ1v) is 8.21. The van der Waals surface area contributed by atoms with E-state index in [1.54, 1.807) is 7.11 Å². The molecule has 1 aromatic rings. The van der Waals surface area contributed by atoms with Crippen molar-refractivity contribution in [1.82, 2.24) is 5.32 Å². The fourth-order valence-electron chi connectivity index (χ4n) is 2.17. The van der Waals surface area contributed by atoms with Gasteiger partial charge in [0.1, 0.15) is 0 Å². The molecule has 1 rings (SSSR count). The van der Waals surface area contributed by atoms with Gasteiger partial charge in [-0.05, 0) is 36.2 Å². The quantitative estimate of drug-likeness (QED) is 0.674. The Labute approximate surface area is 136 Å². The van der Waals surface area contributed by atoms with Crippen molar-refractivity contribution in [1.29, 1.82) is 0 Å². The van der Waals surface area contributed by atoms with Crippen molar-refractivity contribution >= 4 is 21.6 Å². The maximum Gasteiger partial charge on any atom is 0.0637 e. The van der Waals surface area contributed by atoms with Crippen LogP contribution < -0.4 is 10.2 Å². The molecule has 21 heavy (non-hydrogen) atoms. The molecule has 0 atom stereocenters. The summed E-state index contributed by atoms with van der Waals surface area (Å²) in [5.74, 6) is 0.627. The van der Waals surface area contributed by atoms with E-state index in [2.05, 4.69) is 52.1 Å². The van der Waals surface area contributed by atoms with Gasteiger partial charge in [0.2, 0.25) is 0 Å². The van der Waals surface area contributed by atoms with Crippen molar-refractivity contribution in [2.75, 3.05) is 44.9 Å². The summed E-state index contributed by atoms with van der Waals surface area (Å²) < 4.78 is 6.24. The van der Waals surface area contributed by atoms with Crippen molar-refractivity contribution in [3.8, 4) is 0 Å². The lowest BCUT2D eigenvalue weighted by Crippen LogP contribution is -2.31. The summed E-state index contributed by atoms with van der Waals surface area (Å²) in [7, 11) is 1.70. The molecule has 0 saturated heterocycles. The number of nitrogens with one attached hydrogen (secondary N) is 1. The van der Waals surface area contributed by atoms with Crippen LogP contribution in [0.1, 0.15) is 19.4 Å². The number of aliphatic hydroxyl groups excluding tert-OH is 1. The highest BCUT2D eigenvalue weighted by atomic mass is 79.9. The third-order valence-corrected chi connectivity index (χ3v) is 3.68. The van der Waals surface area contributed by atoms with Crippen LogP contribution in [0.25, 0.3) is 0 Å². The molecule has 1 aromatic carbocycles. The second-order valence-electron chi connectivity index (χ2n) is 5.50. The summed E-state index contributed by atoms with van der Waals surface area (Å²) in [5, 5.41) is 12.8. The summed E-state index contributed by atoms with van der Waals surface area (Å²) >= 11 is 3.54. The number of rotatable bonds is 10. The molecular weight excluding hydrogens is 332 g/mol. The molecule has 0 bridgehead atoms. The molecule has 0 spiro atoms. The number of ether oxygens (including phenoxy) is 1. The van der Waals surface area contributed by atoms with Gasteiger partial charge in [-0.3, -0.25) is 0 Å². The highest BCUT2D eigenvalue weighted by Crippen LogP contribution is 2.24. The zero-order valence-electron chi connectivity index (χ0n) is 13.2. The maximum atomic E-state index is 9.28. The number of halogens is 1. The van der Waals surface area contributed by atoms with Crippen molar-refractivity contribution < 1.29 is 9.84 Å². The lowest BCUT2D eigenvalue weighted by atomic mass is 10.1. The van der Waals surface area contributed by atoms with Crippen LogP contribution in [0, 0.1) is 5.92 Å². The largest absolute Gasteiger partial charge is 0.395 e. The minimum atomic E-state index is 0.138. The number of hydrogen-bond acceptors (Lipinski definition) is 4. The number of aliphatic hydroxyl groups is 1. The number of hydrogen-bond donors (Lipinski definition) is 2. The first-order valence-electron chi connectivity index (χ1n) is 7.42. The fourth-order valence-corrected chi connectivity index (χ4v) is 2.58. The molecule has 120 valence electrons. The van der Waals surface area contributed by atoms with Gasteiger partial charge in [0.15, 0.2) is 0 Å². The Morgan fingerprint density at radius 2 is 2.10 bits per heavy atom. The molecule has 0 heterocycles. The van der Waals surface area contributed by atoms with Gasteiger partial charge in [-0.1, -0.05) is 29.8 Å². The molecule has 0 aliphatic carbocycles. The molecule has 0 aliphatic heterocycles. The van der Waals surface area contributed by atoms with Crippen molar-refractivity contribution in [3.05, 3.63) is 28.2 Å². The van der Waals surface area contributed by atoms with Crippen LogP contribution in [0.2, 0.25) is 0 Å². The Kier molecular flexibility index (Phi) is 8.92. The third-order valence-electron chi connectivity index (χ3n) is 3.19. The molecule has 0 aromatic heterocycles. The number of methoxy groups -OCH3 is 1. The molecule has 0 saturated carbocycles. The summed E-state index contributed by atoms with van der Waals surface area (Å²) in [5.41, 5.74) is 2.38. The van der Waals surface area contributed by atoms with E-state index in [0.717, 1.165) is 29.8 Å². The normalized spacial score (nSPS) is 11.1. The van der Waals surface area contributed by atoms with Crippen molar-refractivity contribution in [2.24, 2.45) is 5.92 Å². The molecule has 4 nitrogen and oxygen atoms in total. The predicted molar refractivity (Wildman–Crippen MR) is 91.9 cm³/mol. The minimum absolute atomic E-state index is 0.138. The standard InChI is InChI=1S/C16H27BrN2O2/c1-13(2)11-18-12-14-10-15(17)4-5-16(14)19(6-8-20)7-9-21-3/h4-5,10,13,18,20H,6-9,11-12H2,1-3H3. The van der Waals surface area contributed by atoms with Gasteiger partial charge in [-0.25, -0.2) is 0 Å². The molecular formula is C16H27BrN2O2. The number of nitrogens with zero attached hydrogens (tertiary/aromatic N) is 1. The van der Waals surface area contributed by atoms with Gasteiger partial charge in [0.05, 0.1) is 13.2 Å². The maximum absolute atomic E-state index is 9.28. The average Bonchev–Trinajstić information content (AvgIpc) is 2.43. The molecule has 0 fully saturated rings. The van der Waals surface area contributed by atoms with E-state index >= 15 is 0 Å². The van der Waals surface area contributed by atoms with Gasteiger partial charge in [0, 0.05) is 36.9 Å². The highest BCUT2D eigenvalue weighted by Gasteiger charge is 2.11. The van der Waals surface area contributed by atoms with E-state index in [-0.39, 0.29) is 6.61 Å². The van der Waals surface area contributed by atoms with Gasteiger partial charge in [-0.15, -0.1) is 0 Å². The number of benzene rings is 1. The smallest absolute Gasteiger partial charge is 0.0637 e. The lowest BCUT2D eigenvalue weighted by Gasteiger charge is -2.26. The van der Waals surface area contributed by atoms with Crippen LogP contribution in [0.3, 0.4) is 0 Å². The van der Waals surface area contributed by atoms with E-state index in [4.69, 9.17) is 4.74 Å². The zero-order valence-corrected chi connectivity index (χ0v) is 14.8. The van der Waals surface area contributed by atoms with Crippen LogP contribution in [-0.4, -0.2) is 45.1 Å². The monoisotopic (exact) mass is 358 g/mol. The van der Waals surface area contributed by atoms with Gasteiger partial charge in [0.25, 0.3) is 0 Å². The Hall–Kier alpha value is -0.620. The Balaban J connectivity index is 2.85. The van der Waals surface area contributed by atoms with Gasteiger partial charge in [-0.2, -0.15) is 0 Å². The lowest BCUT2D eigenvalue weighted by molar-refractivity contribution is 0.203. The van der Waals surface area contributed by atoms with Crippen LogP contribution in [0.4, 0.5) is 5.69 Å². The van der Waals surface area contributed by atoms with E-state index in [1.807, 2.05) is 6.07 Å². The number of anilines is 1. The first kappa shape index (κ1) is 18.4. The third kappa shape index (κ3) is 6.78. The Morgan fingerprint density at radius 3 is 2.71 bits per heavy atom. The molecule has 5 heteroatoms. The van der Waals surface area contributed by atoms with E-state index < -0.39 is 0 Å². The first-order chi connectivity index (χ1) is 10.1.